The van der Waals surface area contributed by atoms with Crippen molar-refractivity contribution in [1.29, 1.82) is 0 Å². The molecule has 0 saturated heterocycles. The van der Waals surface area contributed by atoms with Gasteiger partial charge in [0.25, 0.3) is 0 Å². The third kappa shape index (κ3) is 2.77. The Morgan fingerprint density at radius 1 is 1.18 bits per heavy atom. The van der Waals surface area contributed by atoms with Gasteiger partial charge in [-0.3, -0.25) is 9.59 Å². The molecule has 5 N–H and O–H groups in total. The lowest BCUT2D eigenvalue weighted by Crippen LogP contribution is -2.49. The minimum Gasteiger partial charge on any atom is -0.368 e. The van der Waals surface area contributed by atoms with E-state index in [9.17, 15) is 9.59 Å². The fraction of sp³-hybridized carbons (Fsp3) is 0.833. The molecule has 0 heterocycles. The number of nitrogens with one attached hydrogen (secondary N) is 1. The predicted molar refractivity (Wildman–Crippen MR) is 63.7 cm³/mol. The summed E-state index contributed by atoms with van der Waals surface area (Å²) in [5, 5.41) is 2.60. The van der Waals surface area contributed by atoms with Crippen LogP contribution in [0.2, 0.25) is 0 Å². The molecule has 2 amide bonds. The van der Waals surface area contributed by atoms with Gasteiger partial charge in [0.15, 0.2) is 0 Å². The van der Waals surface area contributed by atoms with Crippen molar-refractivity contribution in [1.82, 2.24) is 5.32 Å². The molecule has 0 aromatic carbocycles. The summed E-state index contributed by atoms with van der Waals surface area (Å²) in [7, 11) is 0. The number of carbonyl (C=O) groups is 2. The second-order valence-electron chi connectivity index (χ2n) is 5.38. The van der Waals surface area contributed by atoms with Crippen molar-refractivity contribution >= 4 is 11.8 Å². The van der Waals surface area contributed by atoms with Crippen molar-refractivity contribution in [3.05, 3.63) is 0 Å². The van der Waals surface area contributed by atoms with Gasteiger partial charge in [0.1, 0.15) is 0 Å². The second kappa shape index (κ2) is 5.04. The molecule has 2 rings (SSSR count). The van der Waals surface area contributed by atoms with Crippen LogP contribution < -0.4 is 16.8 Å². The van der Waals surface area contributed by atoms with Crippen LogP contribution >= 0.6 is 0 Å². The summed E-state index contributed by atoms with van der Waals surface area (Å²) in [6, 6.07) is 0.268. The molecule has 0 aliphatic heterocycles. The minimum absolute atomic E-state index is 0.0180. The number of rotatable bonds is 3. The fourth-order valence-corrected chi connectivity index (χ4v) is 3.32. The summed E-state index contributed by atoms with van der Waals surface area (Å²) in [5.41, 5.74) is 11.2. The molecule has 5 nitrogen and oxygen atoms in total. The normalized spacial score (nSPS) is 36.3. The van der Waals surface area contributed by atoms with E-state index < -0.39 is 5.91 Å². The summed E-state index contributed by atoms with van der Waals surface area (Å²) in [5.74, 6) is 0.446. The van der Waals surface area contributed by atoms with Gasteiger partial charge in [-0.2, -0.15) is 0 Å². The third-order valence-electron chi connectivity index (χ3n) is 4.22. The molecule has 2 saturated carbocycles. The Hall–Kier alpha value is -1.10. The molecule has 2 aliphatic carbocycles. The number of fused-ring (bicyclic) bond motifs is 2. The molecule has 2 bridgehead atoms. The van der Waals surface area contributed by atoms with E-state index in [1.54, 1.807) is 0 Å². The zero-order valence-corrected chi connectivity index (χ0v) is 10.0. The van der Waals surface area contributed by atoms with Gasteiger partial charge in [0, 0.05) is 12.0 Å². The lowest BCUT2D eigenvalue weighted by molar-refractivity contribution is -0.130. The van der Waals surface area contributed by atoms with Crippen LogP contribution in [0, 0.1) is 17.8 Å². The first-order valence-corrected chi connectivity index (χ1v) is 6.39. The van der Waals surface area contributed by atoms with Gasteiger partial charge in [-0.1, -0.05) is 6.42 Å². The molecule has 0 radical (unpaired) electrons. The predicted octanol–water partition coefficient (Wildman–Crippen LogP) is -0.258. The van der Waals surface area contributed by atoms with Crippen molar-refractivity contribution in [2.45, 2.75) is 38.1 Å². The van der Waals surface area contributed by atoms with Gasteiger partial charge in [-0.15, -0.1) is 0 Å². The molecule has 5 heteroatoms. The number of amides is 2. The Labute approximate surface area is 101 Å². The molecule has 17 heavy (non-hydrogen) atoms. The Bertz CT molecular complexity index is 305. The highest BCUT2D eigenvalue weighted by Crippen LogP contribution is 2.41. The SMILES string of the molecule is NC(=O)CNC(=O)C1CC2CCCC(C1)C2N. The first-order valence-electron chi connectivity index (χ1n) is 6.39. The van der Waals surface area contributed by atoms with Gasteiger partial charge in [0.05, 0.1) is 6.54 Å². The lowest BCUT2D eigenvalue weighted by atomic mass is 9.65. The van der Waals surface area contributed by atoms with Crippen LogP contribution in [-0.2, 0) is 9.59 Å². The van der Waals surface area contributed by atoms with Gasteiger partial charge >= 0.3 is 0 Å². The highest BCUT2D eigenvalue weighted by atomic mass is 16.2. The van der Waals surface area contributed by atoms with E-state index in [2.05, 4.69) is 5.32 Å². The standard InChI is InChI=1S/C12H21N3O2/c13-10(16)6-15-12(17)9-4-7-2-1-3-8(5-9)11(7)14/h7-9,11H,1-6,14H2,(H2,13,16)(H,15,17). The topological polar surface area (TPSA) is 98.2 Å². The van der Waals surface area contributed by atoms with Crippen LogP contribution in [0.1, 0.15) is 32.1 Å². The van der Waals surface area contributed by atoms with Gasteiger partial charge in [-0.25, -0.2) is 0 Å². The number of hydrogen-bond donors (Lipinski definition) is 3. The van der Waals surface area contributed by atoms with Crippen LogP contribution in [0.15, 0.2) is 0 Å². The number of primary amides is 1. The maximum absolute atomic E-state index is 11.9. The van der Waals surface area contributed by atoms with E-state index >= 15 is 0 Å². The van der Waals surface area contributed by atoms with Crippen molar-refractivity contribution < 1.29 is 9.59 Å². The Balaban J connectivity index is 1.90. The molecular weight excluding hydrogens is 218 g/mol. The second-order valence-corrected chi connectivity index (χ2v) is 5.38. The van der Waals surface area contributed by atoms with E-state index in [-0.39, 0.29) is 24.4 Å². The van der Waals surface area contributed by atoms with Gasteiger partial charge in [0.2, 0.25) is 11.8 Å². The number of carbonyl (C=O) groups excluding carboxylic acids is 2. The molecule has 2 fully saturated rings. The minimum atomic E-state index is -0.494. The summed E-state index contributed by atoms with van der Waals surface area (Å²) in [6.45, 7) is -0.0588. The smallest absolute Gasteiger partial charge is 0.236 e. The van der Waals surface area contributed by atoms with Crippen LogP contribution in [0.5, 0.6) is 0 Å². The van der Waals surface area contributed by atoms with Crippen molar-refractivity contribution in [3.63, 3.8) is 0 Å². The van der Waals surface area contributed by atoms with E-state index in [1.165, 1.54) is 6.42 Å². The maximum Gasteiger partial charge on any atom is 0.236 e. The highest BCUT2D eigenvalue weighted by Gasteiger charge is 2.40. The van der Waals surface area contributed by atoms with Gasteiger partial charge < -0.3 is 16.8 Å². The zero-order valence-electron chi connectivity index (χ0n) is 10.0. The maximum atomic E-state index is 11.9. The van der Waals surface area contributed by atoms with Crippen molar-refractivity contribution in [2.24, 2.45) is 29.2 Å². The third-order valence-corrected chi connectivity index (χ3v) is 4.22. The molecule has 96 valence electrons. The Morgan fingerprint density at radius 3 is 2.29 bits per heavy atom. The van der Waals surface area contributed by atoms with Crippen LogP contribution in [0.25, 0.3) is 0 Å². The summed E-state index contributed by atoms with van der Waals surface area (Å²) < 4.78 is 0. The largest absolute Gasteiger partial charge is 0.368 e. The molecule has 0 spiro atoms. The van der Waals surface area contributed by atoms with Crippen molar-refractivity contribution in [2.75, 3.05) is 6.54 Å². The van der Waals surface area contributed by atoms with Crippen LogP contribution in [-0.4, -0.2) is 24.4 Å². The molecular formula is C12H21N3O2. The average molecular weight is 239 g/mol. The van der Waals surface area contributed by atoms with Crippen LogP contribution in [0.4, 0.5) is 0 Å². The summed E-state index contributed by atoms with van der Waals surface area (Å²) in [6.07, 6.45) is 5.23. The first kappa shape index (κ1) is 12.4. The monoisotopic (exact) mass is 239 g/mol. The number of hydrogen-bond acceptors (Lipinski definition) is 3. The molecule has 2 unspecified atom stereocenters. The van der Waals surface area contributed by atoms with E-state index in [0.29, 0.717) is 11.8 Å². The van der Waals surface area contributed by atoms with Gasteiger partial charge in [-0.05, 0) is 37.5 Å². The highest BCUT2D eigenvalue weighted by molar-refractivity contribution is 5.85. The molecule has 2 aliphatic rings. The lowest BCUT2D eigenvalue weighted by Gasteiger charge is -2.43. The Morgan fingerprint density at radius 2 is 1.76 bits per heavy atom. The Kier molecular flexibility index (Phi) is 3.66. The van der Waals surface area contributed by atoms with E-state index in [4.69, 9.17) is 11.5 Å². The first-order chi connectivity index (χ1) is 8.08. The van der Waals surface area contributed by atoms with Crippen LogP contribution in [0.3, 0.4) is 0 Å². The molecule has 2 atom stereocenters. The summed E-state index contributed by atoms with van der Waals surface area (Å²) in [4.78, 5) is 22.5. The van der Waals surface area contributed by atoms with Crippen molar-refractivity contribution in [3.8, 4) is 0 Å². The zero-order chi connectivity index (χ0) is 12.4. The number of nitrogens with two attached hydrogens (primary N) is 2. The average Bonchev–Trinajstić information content (AvgIpc) is 2.25. The molecule has 0 aromatic rings. The van der Waals surface area contributed by atoms with E-state index in [1.807, 2.05) is 0 Å². The summed E-state index contributed by atoms with van der Waals surface area (Å²) >= 11 is 0. The quantitative estimate of drug-likeness (QED) is 0.633. The molecule has 0 aromatic heterocycles. The fourth-order valence-electron chi connectivity index (χ4n) is 3.32. The van der Waals surface area contributed by atoms with E-state index in [0.717, 1.165) is 25.7 Å².